The zero-order chi connectivity index (χ0) is 14.4. The van der Waals surface area contributed by atoms with Gasteiger partial charge in [-0.1, -0.05) is 12.1 Å². The summed E-state index contributed by atoms with van der Waals surface area (Å²) in [7, 11) is 0. The lowest BCUT2D eigenvalue weighted by atomic mass is 10.1. The van der Waals surface area contributed by atoms with Crippen molar-refractivity contribution in [2.24, 2.45) is 5.73 Å². The molecule has 1 aromatic rings. The van der Waals surface area contributed by atoms with Crippen LogP contribution in [0.25, 0.3) is 0 Å². The molecule has 1 aliphatic rings. The average molecular weight is 278 g/mol. The van der Waals surface area contributed by atoms with Crippen LogP contribution in [0, 0.1) is 0 Å². The van der Waals surface area contributed by atoms with Crippen LogP contribution in [0.4, 0.5) is 5.69 Å². The van der Waals surface area contributed by atoms with Gasteiger partial charge in [-0.05, 0) is 37.5 Å². The molecule has 1 heterocycles. The Kier molecular flexibility index (Phi) is 5.52. The summed E-state index contributed by atoms with van der Waals surface area (Å²) in [5, 5.41) is 2.85. The molecule has 110 valence electrons. The Morgan fingerprint density at radius 1 is 1.40 bits per heavy atom. The maximum Gasteiger partial charge on any atom is 0.253 e. The number of hydrogen-bond acceptors (Lipinski definition) is 4. The molecular weight excluding hydrogens is 256 g/mol. The fraction of sp³-hybridized carbons (Fsp3) is 0.533. The van der Waals surface area contributed by atoms with E-state index < -0.39 is 6.10 Å². The number of amides is 1. The minimum Gasteiger partial charge on any atom is -0.381 e. The van der Waals surface area contributed by atoms with E-state index in [0.717, 1.165) is 24.1 Å². The van der Waals surface area contributed by atoms with E-state index >= 15 is 0 Å². The molecule has 0 radical (unpaired) electrons. The van der Waals surface area contributed by atoms with Crippen LogP contribution in [0.3, 0.4) is 0 Å². The van der Waals surface area contributed by atoms with Crippen LogP contribution in [0.15, 0.2) is 24.3 Å². The van der Waals surface area contributed by atoms with E-state index in [1.165, 1.54) is 0 Å². The highest BCUT2D eigenvalue weighted by Gasteiger charge is 2.21. The molecule has 0 bridgehead atoms. The summed E-state index contributed by atoms with van der Waals surface area (Å²) in [5.41, 5.74) is 7.33. The number of hydrogen-bond donors (Lipinski definition) is 2. The van der Waals surface area contributed by atoms with Gasteiger partial charge in [0.25, 0.3) is 5.91 Å². The van der Waals surface area contributed by atoms with Gasteiger partial charge in [0.05, 0.1) is 6.10 Å². The number of ether oxygens (including phenoxy) is 2. The second-order valence-corrected chi connectivity index (χ2v) is 4.98. The number of nitrogens with one attached hydrogen (secondary N) is 1. The zero-order valence-corrected chi connectivity index (χ0v) is 11.8. The molecule has 1 aromatic carbocycles. The van der Waals surface area contributed by atoms with Crippen LogP contribution in [0.2, 0.25) is 0 Å². The number of benzene rings is 1. The molecule has 1 unspecified atom stereocenters. The Morgan fingerprint density at radius 2 is 2.05 bits per heavy atom. The molecule has 1 aliphatic heterocycles. The third-order valence-corrected chi connectivity index (χ3v) is 3.39. The van der Waals surface area contributed by atoms with Gasteiger partial charge in [0.1, 0.15) is 6.10 Å². The topological polar surface area (TPSA) is 73.6 Å². The van der Waals surface area contributed by atoms with E-state index in [4.69, 9.17) is 15.2 Å². The first-order chi connectivity index (χ1) is 9.69. The summed E-state index contributed by atoms with van der Waals surface area (Å²) in [5.74, 6) is -0.128. The van der Waals surface area contributed by atoms with Gasteiger partial charge < -0.3 is 20.5 Å². The van der Waals surface area contributed by atoms with Crippen molar-refractivity contribution in [1.82, 2.24) is 0 Å². The fourth-order valence-electron chi connectivity index (χ4n) is 2.13. The number of nitrogens with two attached hydrogens (primary N) is 1. The molecule has 2 rings (SSSR count). The van der Waals surface area contributed by atoms with Crippen LogP contribution in [-0.2, 0) is 20.8 Å². The average Bonchev–Trinajstić information content (AvgIpc) is 2.49. The first-order valence-corrected chi connectivity index (χ1v) is 7.02. The van der Waals surface area contributed by atoms with Crippen molar-refractivity contribution >= 4 is 11.6 Å². The van der Waals surface area contributed by atoms with E-state index in [1.54, 1.807) is 6.92 Å². The van der Waals surface area contributed by atoms with Crippen molar-refractivity contribution in [3.05, 3.63) is 29.8 Å². The summed E-state index contributed by atoms with van der Waals surface area (Å²) < 4.78 is 11.0. The monoisotopic (exact) mass is 278 g/mol. The molecule has 5 heteroatoms. The van der Waals surface area contributed by atoms with E-state index in [-0.39, 0.29) is 12.0 Å². The molecule has 3 N–H and O–H groups in total. The van der Waals surface area contributed by atoms with Gasteiger partial charge in [0.2, 0.25) is 0 Å². The fourth-order valence-corrected chi connectivity index (χ4v) is 2.13. The molecule has 20 heavy (non-hydrogen) atoms. The highest BCUT2D eigenvalue weighted by Crippen LogP contribution is 2.14. The summed E-state index contributed by atoms with van der Waals surface area (Å²) in [4.78, 5) is 12.0. The van der Waals surface area contributed by atoms with Crippen LogP contribution in [0.5, 0.6) is 0 Å². The van der Waals surface area contributed by atoms with Crippen molar-refractivity contribution < 1.29 is 14.3 Å². The molecule has 1 saturated heterocycles. The molecule has 0 aliphatic carbocycles. The van der Waals surface area contributed by atoms with Crippen LogP contribution in [0.1, 0.15) is 25.3 Å². The molecule has 0 saturated carbocycles. The van der Waals surface area contributed by atoms with Crippen LogP contribution < -0.4 is 11.1 Å². The van der Waals surface area contributed by atoms with Gasteiger partial charge in [-0.3, -0.25) is 4.79 Å². The van der Waals surface area contributed by atoms with E-state index in [2.05, 4.69) is 5.32 Å². The molecule has 5 nitrogen and oxygen atoms in total. The minimum absolute atomic E-state index is 0.115. The lowest BCUT2D eigenvalue weighted by Gasteiger charge is -2.25. The van der Waals surface area contributed by atoms with Gasteiger partial charge in [-0.2, -0.15) is 0 Å². The van der Waals surface area contributed by atoms with Crippen molar-refractivity contribution in [1.29, 1.82) is 0 Å². The number of anilines is 1. The first-order valence-electron chi connectivity index (χ1n) is 7.02. The van der Waals surface area contributed by atoms with Gasteiger partial charge in [-0.25, -0.2) is 0 Å². The number of carbonyl (C=O) groups is 1. The molecule has 0 spiro atoms. The van der Waals surface area contributed by atoms with Crippen molar-refractivity contribution in [2.75, 3.05) is 18.5 Å². The number of rotatable bonds is 5. The largest absolute Gasteiger partial charge is 0.381 e. The molecule has 1 amide bonds. The van der Waals surface area contributed by atoms with Crippen LogP contribution in [-0.4, -0.2) is 31.3 Å². The quantitative estimate of drug-likeness (QED) is 0.859. The van der Waals surface area contributed by atoms with Crippen molar-refractivity contribution in [3.63, 3.8) is 0 Å². The maximum absolute atomic E-state index is 12.0. The smallest absolute Gasteiger partial charge is 0.253 e. The van der Waals surface area contributed by atoms with Gasteiger partial charge in [0.15, 0.2) is 0 Å². The maximum atomic E-state index is 12.0. The molecule has 1 fully saturated rings. The Morgan fingerprint density at radius 3 is 2.65 bits per heavy atom. The van der Waals surface area contributed by atoms with Crippen molar-refractivity contribution in [2.45, 2.75) is 38.5 Å². The normalized spacial score (nSPS) is 17.7. The predicted molar refractivity (Wildman–Crippen MR) is 77.4 cm³/mol. The second-order valence-electron chi connectivity index (χ2n) is 4.98. The van der Waals surface area contributed by atoms with Gasteiger partial charge in [-0.15, -0.1) is 0 Å². The lowest BCUT2D eigenvalue weighted by molar-refractivity contribution is -0.133. The van der Waals surface area contributed by atoms with E-state index in [9.17, 15) is 4.79 Å². The summed E-state index contributed by atoms with van der Waals surface area (Å²) in [6, 6.07) is 7.50. The highest BCUT2D eigenvalue weighted by molar-refractivity contribution is 5.93. The minimum atomic E-state index is -0.465. The lowest BCUT2D eigenvalue weighted by Crippen LogP contribution is -2.34. The third-order valence-electron chi connectivity index (χ3n) is 3.39. The Bertz CT molecular complexity index is 427. The van der Waals surface area contributed by atoms with Crippen LogP contribution >= 0.6 is 0 Å². The summed E-state index contributed by atoms with van der Waals surface area (Å²) in [6.45, 7) is 3.69. The summed E-state index contributed by atoms with van der Waals surface area (Å²) in [6.07, 6.45) is 1.35. The molecule has 0 aromatic heterocycles. The van der Waals surface area contributed by atoms with Gasteiger partial charge >= 0.3 is 0 Å². The Labute approximate surface area is 119 Å². The highest BCUT2D eigenvalue weighted by atomic mass is 16.5. The van der Waals surface area contributed by atoms with E-state index in [1.807, 2.05) is 24.3 Å². The zero-order valence-electron chi connectivity index (χ0n) is 11.8. The molecule has 1 atom stereocenters. The standard InChI is InChI=1S/C15H22N2O3/c1-11(20-14-6-8-19-9-7-14)15(18)17-13-4-2-12(10-16)3-5-13/h2-5,11,14H,6-10,16H2,1H3,(H,17,18). The van der Waals surface area contributed by atoms with E-state index in [0.29, 0.717) is 19.8 Å². The second kappa shape index (κ2) is 7.38. The summed E-state index contributed by atoms with van der Waals surface area (Å²) >= 11 is 0. The number of carbonyl (C=O) groups excluding carboxylic acids is 1. The Balaban J connectivity index is 1.83. The van der Waals surface area contributed by atoms with Gasteiger partial charge in [0, 0.05) is 25.4 Å². The first kappa shape index (κ1) is 15.0. The SMILES string of the molecule is CC(OC1CCOCC1)C(=O)Nc1ccc(CN)cc1. The van der Waals surface area contributed by atoms with Crippen molar-refractivity contribution in [3.8, 4) is 0 Å². The Hall–Kier alpha value is -1.43. The third kappa shape index (κ3) is 4.30. The predicted octanol–water partition coefficient (Wildman–Crippen LogP) is 1.67. The molecular formula is C15H22N2O3.